The van der Waals surface area contributed by atoms with Gasteiger partial charge in [-0.25, -0.2) is 0 Å². The number of thioether (sulfide) groups is 1. The summed E-state index contributed by atoms with van der Waals surface area (Å²) in [7, 11) is 0. The molecule has 2 aromatic carbocycles. The van der Waals surface area contributed by atoms with E-state index in [1.165, 1.54) is 23.5 Å². The third-order valence-electron chi connectivity index (χ3n) is 6.20. The van der Waals surface area contributed by atoms with Crippen molar-refractivity contribution in [1.29, 1.82) is 0 Å². The summed E-state index contributed by atoms with van der Waals surface area (Å²) in [4.78, 5) is 37.8. The van der Waals surface area contributed by atoms with Crippen molar-refractivity contribution in [2.24, 2.45) is 5.92 Å². The van der Waals surface area contributed by atoms with E-state index in [1.807, 2.05) is 13.0 Å². The molecule has 2 aromatic rings. The van der Waals surface area contributed by atoms with E-state index in [1.54, 1.807) is 24.3 Å². The van der Waals surface area contributed by atoms with Crippen molar-refractivity contribution in [3.63, 3.8) is 0 Å². The maximum Gasteiger partial charge on any atom is 0.293 e. The second-order valence-electron chi connectivity index (χ2n) is 8.77. The summed E-state index contributed by atoms with van der Waals surface area (Å²) in [5, 5.41) is 10.7. The lowest BCUT2D eigenvalue weighted by molar-refractivity contribution is -0.384. The molecule has 2 aliphatic rings. The van der Waals surface area contributed by atoms with Crippen LogP contribution in [-0.4, -0.2) is 34.1 Å². The van der Waals surface area contributed by atoms with Crippen LogP contribution in [0.5, 0.6) is 11.5 Å². The van der Waals surface area contributed by atoms with Gasteiger partial charge in [0.05, 0.1) is 20.0 Å². The molecular formula is C26H27IN2O6S. The van der Waals surface area contributed by atoms with Gasteiger partial charge in [-0.1, -0.05) is 19.3 Å². The molecule has 2 amide bonds. The zero-order chi connectivity index (χ0) is 25.7. The van der Waals surface area contributed by atoms with Gasteiger partial charge >= 0.3 is 0 Å². The summed E-state index contributed by atoms with van der Waals surface area (Å²) in [5.74, 6) is 1.24. The summed E-state index contributed by atoms with van der Waals surface area (Å²) >= 11 is 3.13. The standard InChI is InChI=1S/C26H27IN2O6S/c1-2-34-22-13-19(12-21(27)24(22)35-16-18-8-10-20(11-9-18)29(32)33)14-23-25(30)28(26(31)36-23)15-17-6-4-3-5-7-17/h8-14,17H,2-7,15-16H2,1H3/b23-14+. The van der Waals surface area contributed by atoms with Crippen molar-refractivity contribution in [2.75, 3.05) is 13.2 Å². The molecule has 4 rings (SSSR count). The smallest absolute Gasteiger partial charge is 0.293 e. The molecule has 8 nitrogen and oxygen atoms in total. The summed E-state index contributed by atoms with van der Waals surface area (Å²) in [6.07, 6.45) is 7.42. The Morgan fingerprint density at radius 2 is 1.86 bits per heavy atom. The molecule has 1 heterocycles. The highest BCUT2D eigenvalue weighted by Gasteiger charge is 2.36. The number of benzene rings is 2. The van der Waals surface area contributed by atoms with Crippen molar-refractivity contribution in [3.05, 3.63) is 66.1 Å². The van der Waals surface area contributed by atoms with Crippen LogP contribution in [0.15, 0.2) is 41.3 Å². The molecule has 0 bridgehead atoms. The van der Waals surface area contributed by atoms with E-state index in [0.717, 1.165) is 52.1 Å². The molecule has 1 saturated carbocycles. The minimum atomic E-state index is -0.440. The molecule has 0 aromatic heterocycles. The van der Waals surface area contributed by atoms with Crippen LogP contribution in [0.1, 0.15) is 50.2 Å². The normalized spacial score (nSPS) is 17.6. The largest absolute Gasteiger partial charge is 0.490 e. The van der Waals surface area contributed by atoms with Crippen LogP contribution in [0.4, 0.5) is 10.5 Å². The zero-order valence-electron chi connectivity index (χ0n) is 19.9. The molecule has 0 spiro atoms. The minimum Gasteiger partial charge on any atom is -0.490 e. The molecular weight excluding hydrogens is 595 g/mol. The van der Waals surface area contributed by atoms with Gasteiger partial charge < -0.3 is 9.47 Å². The van der Waals surface area contributed by atoms with Crippen molar-refractivity contribution in [2.45, 2.75) is 45.6 Å². The number of hydrogen-bond donors (Lipinski definition) is 0. The first-order valence-electron chi connectivity index (χ1n) is 11.9. The average Bonchev–Trinajstić information content (AvgIpc) is 3.12. The van der Waals surface area contributed by atoms with Gasteiger partial charge in [0.1, 0.15) is 6.61 Å². The van der Waals surface area contributed by atoms with E-state index >= 15 is 0 Å². The van der Waals surface area contributed by atoms with Crippen molar-refractivity contribution >= 4 is 57.3 Å². The fourth-order valence-electron chi connectivity index (χ4n) is 4.38. The maximum atomic E-state index is 13.0. The van der Waals surface area contributed by atoms with E-state index in [9.17, 15) is 19.7 Å². The maximum absolute atomic E-state index is 13.0. The Kier molecular flexibility index (Phi) is 8.89. The molecule has 2 fully saturated rings. The molecule has 1 saturated heterocycles. The molecule has 0 atom stereocenters. The monoisotopic (exact) mass is 622 g/mol. The highest BCUT2D eigenvalue weighted by atomic mass is 127. The molecule has 0 unspecified atom stereocenters. The summed E-state index contributed by atoms with van der Waals surface area (Å²) < 4.78 is 12.6. The predicted octanol–water partition coefficient (Wildman–Crippen LogP) is 6.79. The topological polar surface area (TPSA) is 99.0 Å². The first-order chi connectivity index (χ1) is 17.4. The van der Waals surface area contributed by atoms with Gasteiger partial charge in [-0.15, -0.1) is 0 Å². The molecule has 0 N–H and O–H groups in total. The summed E-state index contributed by atoms with van der Waals surface area (Å²) in [5.41, 5.74) is 1.55. The summed E-state index contributed by atoms with van der Waals surface area (Å²) in [6, 6.07) is 9.87. The second-order valence-corrected chi connectivity index (χ2v) is 10.9. The number of nitrogens with zero attached hydrogens (tertiary/aromatic N) is 2. The first-order valence-corrected chi connectivity index (χ1v) is 13.8. The number of nitro groups is 1. The molecule has 0 radical (unpaired) electrons. The first kappa shape index (κ1) is 26.5. The Labute approximate surface area is 227 Å². The van der Waals surface area contributed by atoms with Gasteiger partial charge in [0.15, 0.2) is 11.5 Å². The predicted molar refractivity (Wildman–Crippen MR) is 147 cm³/mol. The lowest BCUT2D eigenvalue weighted by Gasteiger charge is -2.25. The van der Waals surface area contributed by atoms with E-state index in [2.05, 4.69) is 22.6 Å². The van der Waals surface area contributed by atoms with Crippen LogP contribution in [-0.2, 0) is 11.4 Å². The van der Waals surface area contributed by atoms with Crippen LogP contribution < -0.4 is 9.47 Å². The van der Waals surface area contributed by atoms with E-state index < -0.39 is 4.92 Å². The van der Waals surface area contributed by atoms with Crippen LogP contribution >= 0.6 is 34.4 Å². The number of nitro benzene ring substituents is 1. The van der Waals surface area contributed by atoms with Gasteiger partial charge in [-0.2, -0.15) is 0 Å². The van der Waals surface area contributed by atoms with Crippen LogP contribution in [0, 0.1) is 19.6 Å². The number of imide groups is 1. The number of amides is 2. The minimum absolute atomic E-state index is 0.0239. The lowest BCUT2D eigenvalue weighted by atomic mass is 9.89. The SMILES string of the molecule is CCOc1cc(/C=C2/SC(=O)N(CC3CCCCC3)C2=O)cc(I)c1OCc1ccc([N+](=O)[O-])cc1. The Bertz CT molecular complexity index is 1180. The number of rotatable bonds is 9. The quantitative estimate of drug-likeness (QED) is 0.131. The van der Waals surface area contributed by atoms with Gasteiger partial charge in [0, 0.05) is 18.7 Å². The van der Waals surface area contributed by atoms with Crippen molar-refractivity contribution < 1.29 is 24.0 Å². The van der Waals surface area contributed by atoms with Crippen molar-refractivity contribution in [1.82, 2.24) is 4.90 Å². The average molecular weight is 622 g/mol. The van der Waals surface area contributed by atoms with E-state index in [0.29, 0.717) is 35.5 Å². The number of carbonyl (C=O) groups excluding carboxylic acids is 2. The highest BCUT2D eigenvalue weighted by Crippen LogP contribution is 2.38. The Morgan fingerprint density at radius 1 is 1.14 bits per heavy atom. The third kappa shape index (κ3) is 6.39. The Hall–Kier alpha value is -2.60. The number of ether oxygens (including phenoxy) is 2. The Balaban J connectivity index is 1.50. The number of carbonyl (C=O) groups is 2. The van der Waals surface area contributed by atoms with E-state index in [4.69, 9.17) is 9.47 Å². The van der Waals surface area contributed by atoms with E-state index in [-0.39, 0.29) is 23.4 Å². The fourth-order valence-corrected chi connectivity index (χ4v) is 6.01. The Morgan fingerprint density at radius 3 is 2.53 bits per heavy atom. The zero-order valence-corrected chi connectivity index (χ0v) is 22.9. The van der Waals surface area contributed by atoms with Crippen LogP contribution in [0.2, 0.25) is 0 Å². The van der Waals surface area contributed by atoms with Crippen LogP contribution in [0.3, 0.4) is 0 Å². The molecule has 1 aliphatic carbocycles. The van der Waals surface area contributed by atoms with Gasteiger partial charge in [0.25, 0.3) is 16.8 Å². The molecule has 36 heavy (non-hydrogen) atoms. The summed E-state index contributed by atoms with van der Waals surface area (Å²) in [6.45, 7) is 3.01. The fraction of sp³-hybridized carbons (Fsp3) is 0.385. The number of hydrogen-bond acceptors (Lipinski definition) is 7. The number of halogens is 1. The third-order valence-corrected chi connectivity index (χ3v) is 7.91. The number of non-ortho nitro benzene ring substituents is 1. The highest BCUT2D eigenvalue weighted by molar-refractivity contribution is 14.1. The van der Waals surface area contributed by atoms with Crippen molar-refractivity contribution in [3.8, 4) is 11.5 Å². The lowest BCUT2D eigenvalue weighted by Crippen LogP contribution is -2.34. The molecule has 10 heteroatoms. The van der Waals surface area contributed by atoms with Crippen LogP contribution in [0.25, 0.3) is 6.08 Å². The van der Waals surface area contributed by atoms with Gasteiger partial charge in [-0.05, 0) is 102 Å². The second kappa shape index (κ2) is 12.1. The molecule has 1 aliphatic heterocycles. The van der Waals surface area contributed by atoms with Gasteiger partial charge in [-0.3, -0.25) is 24.6 Å². The molecule has 190 valence electrons. The van der Waals surface area contributed by atoms with Gasteiger partial charge in [0.2, 0.25) is 0 Å².